The maximum absolute atomic E-state index is 13.5. The summed E-state index contributed by atoms with van der Waals surface area (Å²) in [5, 5.41) is 6.48. The molecule has 0 unspecified atom stereocenters. The molecule has 0 saturated heterocycles. The third-order valence-corrected chi connectivity index (χ3v) is 9.21. The van der Waals surface area contributed by atoms with Crippen LogP contribution in [0.15, 0.2) is 170 Å². The van der Waals surface area contributed by atoms with Gasteiger partial charge in [-0.05, 0) is 116 Å². The molecule has 0 atom stereocenters. The first-order valence-electron chi connectivity index (χ1n) is 21.1. The van der Waals surface area contributed by atoms with Crippen LogP contribution >= 0.6 is 0 Å². The van der Waals surface area contributed by atoms with Gasteiger partial charge in [-0.2, -0.15) is 5.10 Å². The Morgan fingerprint density at radius 2 is 0.910 bits per heavy atom. The fourth-order valence-electron chi connectivity index (χ4n) is 5.75. The molecule has 0 heterocycles. The van der Waals surface area contributed by atoms with E-state index in [-0.39, 0.29) is 49.1 Å². The standard InChI is InChI=1S/C53H48N2O12/c1-3-48(56)62-33-11-13-35-64-50(58)31-23-39-19-25-41(26-20-39)52(60)66-46-29-30-47(43(37-46)38-54-55(44-15-7-5-8-16-44)45-17-9-6-10-18-45)67-53(61)42-27-21-40(22-28-42)24-32-51(59)65-36-14-12-34-63-49(57)4-2/h3-10,15-32,37-38H,1-2,11-14,33-36H2/b31-23+,32-24+,54-38+. The zero-order valence-corrected chi connectivity index (χ0v) is 36.5. The molecule has 0 aliphatic carbocycles. The highest BCUT2D eigenvalue weighted by Crippen LogP contribution is 2.28. The van der Waals surface area contributed by atoms with Gasteiger partial charge in [0.2, 0.25) is 0 Å². The van der Waals surface area contributed by atoms with Crippen molar-refractivity contribution in [1.29, 1.82) is 0 Å². The molecule has 5 aromatic carbocycles. The van der Waals surface area contributed by atoms with Crippen LogP contribution in [-0.2, 0) is 38.1 Å². The van der Waals surface area contributed by atoms with Gasteiger partial charge >= 0.3 is 35.8 Å². The van der Waals surface area contributed by atoms with Crippen molar-refractivity contribution in [3.8, 4) is 11.5 Å². The van der Waals surface area contributed by atoms with Gasteiger partial charge in [-0.1, -0.05) is 73.8 Å². The number of para-hydroxylation sites is 2. The van der Waals surface area contributed by atoms with Gasteiger partial charge < -0.3 is 28.4 Å². The van der Waals surface area contributed by atoms with Crippen LogP contribution in [0.2, 0.25) is 0 Å². The van der Waals surface area contributed by atoms with Crippen molar-refractivity contribution < 1.29 is 57.2 Å². The molecule has 0 bridgehead atoms. The highest BCUT2D eigenvalue weighted by Gasteiger charge is 2.16. The molecular weight excluding hydrogens is 857 g/mol. The van der Waals surface area contributed by atoms with Crippen LogP contribution in [0.4, 0.5) is 11.4 Å². The lowest BCUT2D eigenvalue weighted by molar-refractivity contribution is -0.140. The Balaban J connectivity index is 1.25. The SMILES string of the molecule is C=CC(=O)OCCCCOC(=O)/C=C/c1ccc(C(=O)Oc2ccc(OC(=O)c3ccc(/C=C/C(=O)OCCCCOC(=O)C=C)cc3)c(/C=N/N(c3ccccc3)c3ccccc3)c2)cc1. The summed E-state index contributed by atoms with van der Waals surface area (Å²) in [6.45, 7) is 7.39. The summed E-state index contributed by atoms with van der Waals surface area (Å²) in [4.78, 5) is 73.4. The smallest absolute Gasteiger partial charge is 0.343 e. The third-order valence-electron chi connectivity index (χ3n) is 9.21. The van der Waals surface area contributed by atoms with Crippen molar-refractivity contribution in [2.75, 3.05) is 31.4 Å². The molecule has 0 amide bonds. The third kappa shape index (κ3) is 17.1. The number of unbranched alkanes of at least 4 members (excludes halogenated alkanes) is 2. The number of benzene rings is 5. The van der Waals surface area contributed by atoms with Crippen molar-refractivity contribution in [3.63, 3.8) is 0 Å². The van der Waals surface area contributed by atoms with Gasteiger partial charge in [-0.15, -0.1) is 0 Å². The lowest BCUT2D eigenvalue weighted by atomic mass is 10.1. The van der Waals surface area contributed by atoms with Crippen LogP contribution < -0.4 is 14.5 Å². The Hall–Kier alpha value is -8.65. The van der Waals surface area contributed by atoms with Crippen LogP contribution in [0.25, 0.3) is 12.2 Å². The molecular formula is C53H48N2O12. The summed E-state index contributed by atoms with van der Waals surface area (Å²) >= 11 is 0. The first-order valence-corrected chi connectivity index (χ1v) is 21.1. The first-order chi connectivity index (χ1) is 32.6. The van der Waals surface area contributed by atoms with E-state index in [4.69, 9.17) is 33.5 Å². The molecule has 5 rings (SSSR count). The molecule has 0 spiro atoms. The fourth-order valence-corrected chi connectivity index (χ4v) is 5.75. The summed E-state index contributed by atoms with van der Waals surface area (Å²) in [5.41, 5.74) is 3.55. The molecule has 0 aromatic heterocycles. The maximum atomic E-state index is 13.5. The highest BCUT2D eigenvalue weighted by atomic mass is 16.6. The van der Waals surface area contributed by atoms with Gasteiger partial charge in [-0.25, -0.2) is 33.8 Å². The topological polar surface area (TPSA) is 173 Å². The number of hydrogen-bond donors (Lipinski definition) is 0. The molecule has 0 radical (unpaired) electrons. The van der Waals surface area contributed by atoms with Crippen LogP contribution in [-0.4, -0.2) is 68.5 Å². The predicted molar refractivity (Wildman–Crippen MR) is 253 cm³/mol. The first kappa shape index (κ1) is 49.4. The van der Waals surface area contributed by atoms with E-state index in [1.165, 1.54) is 36.6 Å². The zero-order chi connectivity index (χ0) is 47.6. The van der Waals surface area contributed by atoms with Crippen molar-refractivity contribution in [2.24, 2.45) is 5.10 Å². The number of carbonyl (C=O) groups is 6. The molecule has 0 N–H and O–H groups in total. The summed E-state index contributed by atoms with van der Waals surface area (Å²) < 4.78 is 31.8. The second-order valence-corrected chi connectivity index (χ2v) is 14.1. The molecule has 0 aliphatic heterocycles. The number of nitrogens with zero attached hydrogens (tertiary/aromatic N) is 2. The van der Waals surface area contributed by atoms with Gasteiger partial charge in [0, 0.05) is 29.9 Å². The number of hydrogen-bond acceptors (Lipinski definition) is 14. The Labute approximate surface area is 388 Å². The molecule has 0 saturated carbocycles. The van der Waals surface area contributed by atoms with E-state index in [0.717, 1.165) is 23.5 Å². The molecule has 5 aromatic rings. The normalized spacial score (nSPS) is 10.9. The zero-order valence-electron chi connectivity index (χ0n) is 36.5. The van der Waals surface area contributed by atoms with Crippen LogP contribution in [0.3, 0.4) is 0 Å². The minimum absolute atomic E-state index is 0.129. The summed E-state index contributed by atoms with van der Waals surface area (Å²) in [7, 11) is 0. The second-order valence-electron chi connectivity index (χ2n) is 14.1. The predicted octanol–water partition coefficient (Wildman–Crippen LogP) is 9.43. The van der Waals surface area contributed by atoms with E-state index < -0.39 is 35.8 Å². The van der Waals surface area contributed by atoms with Crippen molar-refractivity contribution >= 4 is 65.6 Å². The number of hydrazone groups is 1. The van der Waals surface area contributed by atoms with Gasteiger partial charge in [0.1, 0.15) is 11.5 Å². The molecule has 342 valence electrons. The molecule has 67 heavy (non-hydrogen) atoms. The van der Waals surface area contributed by atoms with Gasteiger partial charge in [0.15, 0.2) is 0 Å². The largest absolute Gasteiger partial charge is 0.463 e. The molecule has 0 fully saturated rings. The lowest BCUT2D eigenvalue weighted by Gasteiger charge is -2.19. The van der Waals surface area contributed by atoms with Gasteiger partial charge in [0.25, 0.3) is 0 Å². The van der Waals surface area contributed by atoms with Crippen LogP contribution in [0, 0.1) is 0 Å². The molecule has 14 heteroatoms. The number of esters is 6. The Bertz CT molecular complexity index is 2530. The molecule has 0 aliphatic rings. The minimum Gasteiger partial charge on any atom is -0.463 e. The van der Waals surface area contributed by atoms with E-state index in [1.807, 2.05) is 60.7 Å². The van der Waals surface area contributed by atoms with E-state index >= 15 is 0 Å². The number of anilines is 2. The minimum atomic E-state index is -0.678. The Morgan fingerprint density at radius 1 is 0.493 bits per heavy atom. The van der Waals surface area contributed by atoms with Gasteiger partial charge in [-0.3, -0.25) is 0 Å². The fraction of sp³-hybridized carbons (Fsp3) is 0.151. The van der Waals surface area contributed by atoms with E-state index in [1.54, 1.807) is 65.7 Å². The average molecular weight is 905 g/mol. The van der Waals surface area contributed by atoms with Crippen molar-refractivity contribution in [2.45, 2.75) is 25.7 Å². The van der Waals surface area contributed by atoms with Crippen molar-refractivity contribution in [1.82, 2.24) is 0 Å². The highest BCUT2D eigenvalue weighted by molar-refractivity contribution is 5.95. The number of rotatable bonds is 24. The number of carbonyl (C=O) groups excluding carboxylic acids is 6. The Morgan fingerprint density at radius 3 is 1.34 bits per heavy atom. The summed E-state index contributed by atoms with van der Waals surface area (Å²) in [6, 6.07) is 36.2. The van der Waals surface area contributed by atoms with Gasteiger partial charge in [0.05, 0.1) is 55.1 Å². The summed E-state index contributed by atoms with van der Waals surface area (Å²) in [5.74, 6) is -3.18. The van der Waals surface area contributed by atoms with E-state index in [0.29, 0.717) is 42.4 Å². The Kier molecular flexibility index (Phi) is 19.8. The quantitative estimate of drug-likeness (QED) is 0.0109. The van der Waals surface area contributed by atoms with E-state index in [9.17, 15) is 28.8 Å². The molecule has 14 nitrogen and oxygen atoms in total. The average Bonchev–Trinajstić information content (AvgIpc) is 3.36. The number of ether oxygens (including phenoxy) is 6. The van der Waals surface area contributed by atoms with Crippen LogP contribution in [0.5, 0.6) is 11.5 Å². The van der Waals surface area contributed by atoms with E-state index in [2.05, 4.69) is 13.2 Å². The lowest BCUT2D eigenvalue weighted by Crippen LogP contribution is -2.12. The van der Waals surface area contributed by atoms with Crippen LogP contribution in [0.1, 0.15) is 63.1 Å². The summed E-state index contributed by atoms with van der Waals surface area (Å²) in [6.07, 6.45) is 11.4. The second kappa shape index (κ2) is 26.9. The maximum Gasteiger partial charge on any atom is 0.343 e. The van der Waals surface area contributed by atoms with Crippen molar-refractivity contribution in [3.05, 3.63) is 193 Å². The monoisotopic (exact) mass is 904 g/mol.